The van der Waals surface area contributed by atoms with Gasteiger partial charge in [0.05, 0.1) is 6.10 Å². The van der Waals surface area contributed by atoms with Gasteiger partial charge in [0.15, 0.2) is 0 Å². The summed E-state index contributed by atoms with van der Waals surface area (Å²) in [5.74, 6) is 0. The molecule has 0 aromatic heterocycles. The van der Waals surface area contributed by atoms with Crippen molar-refractivity contribution in [2.45, 2.75) is 31.5 Å². The number of benzene rings is 1. The van der Waals surface area contributed by atoms with Gasteiger partial charge < -0.3 is 10.4 Å². The van der Waals surface area contributed by atoms with Crippen molar-refractivity contribution in [1.82, 2.24) is 5.32 Å². The van der Waals surface area contributed by atoms with E-state index in [-0.39, 0.29) is 6.10 Å². The lowest BCUT2D eigenvalue weighted by Crippen LogP contribution is -2.43. The van der Waals surface area contributed by atoms with Crippen LogP contribution in [0.2, 0.25) is 0 Å². The largest absolute Gasteiger partial charge is 0.393 e. The van der Waals surface area contributed by atoms with Crippen LogP contribution >= 0.6 is 15.9 Å². The second-order valence-corrected chi connectivity index (χ2v) is 4.75. The maximum Gasteiger partial charge on any atom is 0.0570 e. The molecule has 1 fully saturated rings. The SMILES string of the molecule is OC1CC(NCc2cccc(Br)c2)C1. The molecule has 2 rings (SSSR count). The van der Waals surface area contributed by atoms with E-state index in [0.717, 1.165) is 23.9 Å². The van der Waals surface area contributed by atoms with Crippen LogP contribution in [0.1, 0.15) is 18.4 Å². The average Bonchev–Trinajstić information content (AvgIpc) is 2.11. The Hall–Kier alpha value is -0.380. The Labute approximate surface area is 92.5 Å². The van der Waals surface area contributed by atoms with Crippen LogP contribution in [0.25, 0.3) is 0 Å². The van der Waals surface area contributed by atoms with E-state index >= 15 is 0 Å². The minimum Gasteiger partial charge on any atom is -0.393 e. The summed E-state index contributed by atoms with van der Waals surface area (Å²) in [5, 5.41) is 12.5. The molecule has 0 radical (unpaired) electrons. The molecule has 2 N–H and O–H groups in total. The molecule has 3 heteroatoms. The number of nitrogens with one attached hydrogen (secondary N) is 1. The molecule has 0 aliphatic heterocycles. The van der Waals surface area contributed by atoms with Crippen LogP contribution in [-0.4, -0.2) is 17.3 Å². The second-order valence-electron chi connectivity index (χ2n) is 3.83. The van der Waals surface area contributed by atoms with E-state index in [1.54, 1.807) is 0 Å². The Morgan fingerprint density at radius 2 is 2.21 bits per heavy atom. The lowest BCUT2D eigenvalue weighted by atomic mass is 9.89. The minimum atomic E-state index is -0.0741. The Kier molecular flexibility index (Phi) is 3.21. The van der Waals surface area contributed by atoms with Crippen LogP contribution in [0.15, 0.2) is 28.7 Å². The molecule has 1 aliphatic carbocycles. The minimum absolute atomic E-state index is 0.0741. The third kappa shape index (κ3) is 2.56. The highest BCUT2D eigenvalue weighted by molar-refractivity contribution is 9.10. The molecule has 14 heavy (non-hydrogen) atoms. The van der Waals surface area contributed by atoms with E-state index in [9.17, 15) is 0 Å². The van der Waals surface area contributed by atoms with Crippen molar-refractivity contribution in [2.24, 2.45) is 0 Å². The van der Waals surface area contributed by atoms with Crippen LogP contribution < -0.4 is 5.32 Å². The van der Waals surface area contributed by atoms with E-state index in [0.29, 0.717) is 6.04 Å². The summed E-state index contributed by atoms with van der Waals surface area (Å²) in [7, 11) is 0. The number of halogens is 1. The highest BCUT2D eigenvalue weighted by Crippen LogP contribution is 2.20. The summed E-state index contributed by atoms with van der Waals surface area (Å²) in [6.07, 6.45) is 1.72. The molecule has 1 aromatic carbocycles. The number of aliphatic hydroxyl groups is 1. The molecule has 0 unspecified atom stereocenters. The fourth-order valence-electron chi connectivity index (χ4n) is 1.66. The van der Waals surface area contributed by atoms with Crippen LogP contribution in [0.5, 0.6) is 0 Å². The van der Waals surface area contributed by atoms with E-state index in [2.05, 4.69) is 33.4 Å². The van der Waals surface area contributed by atoms with Gasteiger partial charge in [0.25, 0.3) is 0 Å². The van der Waals surface area contributed by atoms with E-state index < -0.39 is 0 Å². The Bertz CT molecular complexity index is 310. The topological polar surface area (TPSA) is 32.3 Å². The van der Waals surface area contributed by atoms with Gasteiger partial charge in [-0.2, -0.15) is 0 Å². The van der Waals surface area contributed by atoms with Crippen LogP contribution in [0.3, 0.4) is 0 Å². The van der Waals surface area contributed by atoms with Gasteiger partial charge in [-0.3, -0.25) is 0 Å². The molecule has 0 spiro atoms. The highest BCUT2D eigenvalue weighted by Gasteiger charge is 2.26. The van der Waals surface area contributed by atoms with E-state index in [4.69, 9.17) is 5.11 Å². The number of rotatable bonds is 3. The average molecular weight is 256 g/mol. The van der Waals surface area contributed by atoms with Gasteiger partial charge in [0.2, 0.25) is 0 Å². The highest BCUT2D eigenvalue weighted by atomic mass is 79.9. The monoisotopic (exact) mass is 255 g/mol. The molecular formula is C11H14BrNO. The molecule has 0 atom stereocenters. The van der Waals surface area contributed by atoms with Gasteiger partial charge in [-0.1, -0.05) is 28.1 Å². The zero-order valence-electron chi connectivity index (χ0n) is 7.91. The summed E-state index contributed by atoms with van der Waals surface area (Å²) in [4.78, 5) is 0. The zero-order valence-corrected chi connectivity index (χ0v) is 9.50. The first-order valence-corrected chi connectivity index (χ1v) is 5.69. The fraction of sp³-hybridized carbons (Fsp3) is 0.455. The maximum atomic E-state index is 9.11. The van der Waals surface area contributed by atoms with Crippen molar-refractivity contribution in [2.75, 3.05) is 0 Å². The summed E-state index contributed by atoms with van der Waals surface area (Å²) in [5.41, 5.74) is 1.28. The van der Waals surface area contributed by atoms with E-state index in [1.807, 2.05) is 12.1 Å². The normalized spacial score (nSPS) is 25.9. The molecule has 0 amide bonds. The van der Waals surface area contributed by atoms with Gasteiger partial charge in [-0.25, -0.2) is 0 Å². The van der Waals surface area contributed by atoms with Gasteiger partial charge in [0, 0.05) is 17.1 Å². The first-order valence-electron chi connectivity index (χ1n) is 4.90. The van der Waals surface area contributed by atoms with Gasteiger partial charge in [0.1, 0.15) is 0 Å². The first kappa shape index (κ1) is 10.1. The summed E-state index contributed by atoms with van der Waals surface area (Å²) in [6, 6.07) is 8.78. The predicted molar refractivity (Wildman–Crippen MR) is 60.0 cm³/mol. The van der Waals surface area contributed by atoms with Gasteiger partial charge >= 0.3 is 0 Å². The van der Waals surface area contributed by atoms with E-state index in [1.165, 1.54) is 5.56 Å². The molecule has 1 aromatic rings. The van der Waals surface area contributed by atoms with Crippen LogP contribution in [0, 0.1) is 0 Å². The lowest BCUT2D eigenvalue weighted by Gasteiger charge is -2.32. The van der Waals surface area contributed by atoms with Gasteiger partial charge in [-0.15, -0.1) is 0 Å². The molecule has 1 saturated carbocycles. The van der Waals surface area contributed by atoms with Crippen molar-refractivity contribution in [3.8, 4) is 0 Å². The van der Waals surface area contributed by atoms with Crippen molar-refractivity contribution in [1.29, 1.82) is 0 Å². The predicted octanol–water partition coefficient (Wildman–Crippen LogP) is 2.06. The van der Waals surface area contributed by atoms with Crippen molar-refractivity contribution >= 4 is 15.9 Å². The molecule has 2 nitrogen and oxygen atoms in total. The fourth-order valence-corrected chi connectivity index (χ4v) is 2.11. The lowest BCUT2D eigenvalue weighted by molar-refractivity contribution is 0.0619. The maximum absolute atomic E-state index is 9.11. The summed E-state index contributed by atoms with van der Waals surface area (Å²) < 4.78 is 1.12. The first-order chi connectivity index (χ1) is 6.74. The number of hydrogen-bond donors (Lipinski definition) is 2. The molecular weight excluding hydrogens is 242 g/mol. The van der Waals surface area contributed by atoms with Crippen molar-refractivity contribution < 1.29 is 5.11 Å². The number of aliphatic hydroxyl groups excluding tert-OH is 1. The Balaban J connectivity index is 1.80. The Morgan fingerprint density at radius 3 is 2.86 bits per heavy atom. The smallest absolute Gasteiger partial charge is 0.0570 e. The number of hydrogen-bond acceptors (Lipinski definition) is 2. The van der Waals surface area contributed by atoms with Crippen molar-refractivity contribution in [3.63, 3.8) is 0 Å². The van der Waals surface area contributed by atoms with Crippen LogP contribution in [0.4, 0.5) is 0 Å². The summed E-state index contributed by atoms with van der Waals surface area (Å²) >= 11 is 3.44. The zero-order chi connectivity index (χ0) is 9.97. The molecule has 76 valence electrons. The summed E-state index contributed by atoms with van der Waals surface area (Å²) in [6.45, 7) is 0.886. The quantitative estimate of drug-likeness (QED) is 0.867. The third-order valence-corrected chi connectivity index (χ3v) is 3.09. The molecule has 0 bridgehead atoms. The molecule has 0 saturated heterocycles. The molecule has 1 aliphatic rings. The van der Waals surface area contributed by atoms with Gasteiger partial charge in [-0.05, 0) is 30.5 Å². The molecule has 0 heterocycles. The third-order valence-electron chi connectivity index (χ3n) is 2.60. The second kappa shape index (κ2) is 4.43. The van der Waals surface area contributed by atoms with Crippen LogP contribution in [-0.2, 0) is 6.54 Å². The van der Waals surface area contributed by atoms with Crippen molar-refractivity contribution in [3.05, 3.63) is 34.3 Å². The Morgan fingerprint density at radius 1 is 1.43 bits per heavy atom. The standard InChI is InChI=1S/C11H14BrNO/c12-9-3-1-2-8(4-9)7-13-10-5-11(14)6-10/h1-4,10-11,13-14H,5-7H2.